The van der Waals surface area contributed by atoms with Crippen molar-refractivity contribution < 1.29 is 4.79 Å². The van der Waals surface area contributed by atoms with E-state index in [4.69, 9.17) is 12.2 Å². The summed E-state index contributed by atoms with van der Waals surface area (Å²) in [6, 6.07) is 18.0. The summed E-state index contributed by atoms with van der Waals surface area (Å²) in [6.45, 7) is 4.69. The fourth-order valence-corrected chi connectivity index (χ4v) is 4.62. The van der Waals surface area contributed by atoms with Crippen molar-refractivity contribution in [3.63, 3.8) is 0 Å². The number of benzene rings is 1. The molecule has 3 heterocycles. The SMILES string of the molecule is CCc1ccccc1NC(=O)CCN1C(=S)N[C@H](c2ccccn2)[C@@H]1c1ccc(C)n1C. The van der Waals surface area contributed by atoms with Crippen molar-refractivity contribution in [3.8, 4) is 0 Å². The molecule has 7 heteroatoms. The van der Waals surface area contributed by atoms with Crippen molar-refractivity contribution >= 4 is 28.9 Å². The molecule has 0 radical (unpaired) electrons. The number of hydrogen-bond acceptors (Lipinski definition) is 3. The lowest BCUT2D eigenvalue weighted by molar-refractivity contribution is -0.116. The Kier molecular flexibility index (Phi) is 6.55. The minimum Gasteiger partial charge on any atom is -0.352 e. The van der Waals surface area contributed by atoms with Gasteiger partial charge in [0, 0.05) is 43.3 Å². The van der Waals surface area contributed by atoms with E-state index in [2.05, 4.69) is 58.1 Å². The molecular formula is C25H29N5OS. The van der Waals surface area contributed by atoms with E-state index in [1.54, 1.807) is 6.20 Å². The monoisotopic (exact) mass is 447 g/mol. The number of aryl methyl sites for hydroxylation is 2. The number of hydrogen-bond donors (Lipinski definition) is 2. The van der Waals surface area contributed by atoms with Crippen LogP contribution in [0.1, 0.15) is 48.1 Å². The van der Waals surface area contributed by atoms with Crippen molar-refractivity contribution in [2.24, 2.45) is 7.05 Å². The summed E-state index contributed by atoms with van der Waals surface area (Å²) in [5.41, 5.74) is 5.26. The zero-order valence-corrected chi connectivity index (χ0v) is 19.5. The van der Waals surface area contributed by atoms with E-state index < -0.39 is 0 Å². The Labute approximate surface area is 194 Å². The lowest BCUT2D eigenvalue weighted by Crippen LogP contribution is -2.33. The fraction of sp³-hybridized carbons (Fsp3) is 0.320. The molecule has 6 nitrogen and oxygen atoms in total. The Morgan fingerprint density at radius 1 is 1.16 bits per heavy atom. The van der Waals surface area contributed by atoms with Crippen LogP contribution in [-0.2, 0) is 18.3 Å². The second kappa shape index (κ2) is 9.53. The molecule has 2 atom stereocenters. The summed E-state index contributed by atoms with van der Waals surface area (Å²) in [6.07, 6.45) is 3.01. The van der Waals surface area contributed by atoms with E-state index in [0.29, 0.717) is 18.1 Å². The highest BCUT2D eigenvalue weighted by Gasteiger charge is 2.41. The number of amides is 1. The average Bonchev–Trinajstić information content (AvgIpc) is 3.31. The maximum absolute atomic E-state index is 12.8. The van der Waals surface area contributed by atoms with Crippen LogP contribution in [0.25, 0.3) is 0 Å². The Balaban J connectivity index is 1.55. The molecular weight excluding hydrogens is 418 g/mol. The minimum atomic E-state index is -0.0828. The lowest BCUT2D eigenvalue weighted by atomic mass is 10.0. The molecule has 3 aromatic rings. The third-order valence-electron chi connectivity index (χ3n) is 6.16. The molecule has 166 valence electrons. The molecule has 2 N–H and O–H groups in total. The number of carbonyl (C=O) groups excluding carboxylic acids is 1. The third-order valence-corrected chi connectivity index (χ3v) is 6.52. The van der Waals surface area contributed by atoms with E-state index in [0.717, 1.165) is 29.1 Å². The zero-order valence-electron chi connectivity index (χ0n) is 18.7. The smallest absolute Gasteiger partial charge is 0.226 e. The van der Waals surface area contributed by atoms with Crippen LogP contribution in [0.3, 0.4) is 0 Å². The van der Waals surface area contributed by atoms with Gasteiger partial charge >= 0.3 is 0 Å². The lowest BCUT2D eigenvalue weighted by Gasteiger charge is -2.28. The molecule has 1 aromatic carbocycles. The van der Waals surface area contributed by atoms with Gasteiger partial charge in [-0.15, -0.1) is 0 Å². The van der Waals surface area contributed by atoms with E-state index in [1.807, 2.05) is 42.5 Å². The van der Waals surface area contributed by atoms with E-state index >= 15 is 0 Å². The number of nitrogens with one attached hydrogen (secondary N) is 2. The summed E-state index contributed by atoms with van der Waals surface area (Å²) < 4.78 is 2.18. The molecule has 0 spiro atoms. The number of aromatic nitrogens is 2. The quantitative estimate of drug-likeness (QED) is 0.529. The number of para-hydroxylation sites is 1. The van der Waals surface area contributed by atoms with Gasteiger partial charge in [0.1, 0.15) is 0 Å². The Hall–Kier alpha value is -3.19. The van der Waals surface area contributed by atoms with Gasteiger partial charge in [-0.2, -0.15) is 0 Å². The van der Waals surface area contributed by atoms with Gasteiger partial charge in [0.05, 0.1) is 17.8 Å². The largest absolute Gasteiger partial charge is 0.352 e. The van der Waals surface area contributed by atoms with Crippen LogP contribution in [0.15, 0.2) is 60.8 Å². The molecule has 0 unspecified atom stereocenters. The molecule has 0 saturated carbocycles. The predicted octanol–water partition coefficient (Wildman–Crippen LogP) is 4.29. The molecule has 1 aliphatic rings. The first-order valence-corrected chi connectivity index (χ1v) is 11.4. The van der Waals surface area contributed by atoms with Crippen LogP contribution < -0.4 is 10.6 Å². The molecule has 1 saturated heterocycles. The van der Waals surface area contributed by atoms with Crippen LogP contribution in [0.5, 0.6) is 0 Å². The Morgan fingerprint density at radius 2 is 1.94 bits per heavy atom. The Bertz CT molecular complexity index is 1110. The maximum atomic E-state index is 12.8. The maximum Gasteiger partial charge on any atom is 0.226 e. The van der Waals surface area contributed by atoms with Crippen molar-refractivity contribution in [3.05, 3.63) is 83.4 Å². The molecule has 1 aliphatic heterocycles. The minimum absolute atomic E-state index is 0.0169. The van der Waals surface area contributed by atoms with Gasteiger partial charge in [-0.25, -0.2) is 0 Å². The Morgan fingerprint density at radius 3 is 2.62 bits per heavy atom. The van der Waals surface area contributed by atoms with Crippen LogP contribution in [-0.4, -0.2) is 32.0 Å². The summed E-state index contributed by atoms with van der Waals surface area (Å²) in [5.74, 6) is -0.0169. The first-order valence-electron chi connectivity index (χ1n) is 11.0. The van der Waals surface area contributed by atoms with Gasteiger partial charge in [0.2, 0.25) is 5.91 Å². The number of pyridine rings is 1. The van der Waals surface area contributed by atoms with Crippen LogP contribution in [0.4, 0.5) is 5.69 Å². The molecule has 2 aromatic heterocycles. The molecule has 32 heavy (non-hydrogen) atoms. The zero-order chi connectivity index (χ0) is 22.7. The van der Waals surface area contributed by atoms with E-state index in [1.165, 1.54) is 5.69 Å². The summed E-state index contributed by atoms with van der Waals surface area (Å²) in [7, 11) is 2.06. The molecule has 1 amide bonds. The summed E-state index contributed by atoms with van der Waals surface area (Å²) >= 11 is 5.71. The van der Waals surface area contributed by atoms with Crippen LogP contribution >= 0.6 is 12.2 Å². The first-order chi connectivity index (χ1) is 15.5. The van der Waals surface area contributed by atoms with Gasteiger partial charge in [-0.1, -0.05) is 31.2 Å². The van der Waals surface area contributed by atoms with Gasteiger partial charge in [0.15, 0.2) is 5.11 Å². The number of thiocarbonyl (C=S) groups is 1. The number of anilines is 1. The predicted molar refractivity (Wildman–Crippen MR) is 131 cm³/mol. The fourth-order valence-electron chi connectivity index (χ4n) is 4.28. The molecule has 1 fully saturated rings. The van der Waals surface area contributed by atoms with Crippen molar-refractivity contribution in [1.29, 1.82) is 0 Å². The summed E-state index contributed by atoms with van der Waals surface area (Å²) in [5, 5.41) is 7.16. The number of carbonyl (C=O) groups is 1. The molecule has 0 bridgehead atoms. The second-order valence-corrected chi connectivity index (χ2v) is 8.47. The van der Waals surface area contributed by atoms with E-state index in [9.17, 15) is 4.79 Å². The van der Waals surface area contributed by atoms with Gasteiger partial charge in [-0.3, -0.25) is 9.78 Å². The van der Waals surface area contributed by atoms with Crippen molar-refractivity contribution in [2.75, 3.05) is 11.9 Å². The standard InChI is InChI=1S/C25H29N5OS/c1-4-18-9-5-6-10-19(18)27-22(31)14-16-30-24(21-13-12-17(2)29(21)3)23(28-25(30)32)20-11-7-8-15-26-20/h5-13,15,23-24H,4,14,16H2,1-3H3,(H,27,31)(H,28,32)/t23-,24+/m1/s1. The first kappa shape index (κ1) is 22.0. The van der Waals surface area contributed by atoms with Gasteiger partial charge in [0.25, 0.3) is 0 Å². The third kappa shape index (κ3) is 4.39. The average molecular weight is 448 g/mol. The van der Waals surface area contributed by atoms with Crippen LogP contribution in [0.2, 0.25) is 0 Å². The summed E-state index contributed by atoms with van der Waals surface area (Å²) in [4.78, 5) is 19.5. The number of rotatable bonds is 7. The number of nitrogens with zero attached hydrogens (tertiary/aromatic N) is 3. The van der Waals surface area contributed by atoms with E-state index in [-0.39, 0.29) is 18.0 Å². The second-order valence-electron chi connectivity index (χ2n) is 8.09. The van der Waals surface area contributed by atoms with Crippen molar-refractivity contribution in [1.82, 2.24) is 19.8 Å². The highest BCUT2D eigenvalue weighted by atomic mass is 32.1. The normalized spacial score (nSPS) is 18.0. The molecule has 4 rings (SSSR count). The highest BCUT2D eigenvalue weighted by molar-refractivity contribution is 7.80. The topological polar surface area (TPSA) is 62.2 Å². The van der Waals surface area contributed by atoms with Crippen LogP contribution in [0, 0.1) is 6.92 Å². The van der Waals surface area contributed by atoms with Gasteiger partial charge < -0.3 is 20.1 Å². The molecule has 0 aliphatic carbocycles. The highest BCUT2D eigenvalue weighted by Crippen LogP contribution is 2.39. The van der Waals surface area contributed by atoms with Gasteiger partial charge in [-0.05, 0) is 61.5 Å². The van der Waals surface area contributed by atoms with Crippen molar-refractivity contribution in [2.45, 2.75) is 38.8 Å².